The van der Waals surface area contributed by atoms with Gasteiger partial charge in [-0.1, -0.05) is 34.1 Å². The van der Waals surface area contributed by atoms with E-state index in [0.717, 1.165) is 35.5 Å². The Bertz CT molecular complexity index is 811. The minimum atomic E-state index is -1.31. The Morgan fingerprint density at radius 3 is 2.29 bits per heavy atom. The number of aromatic nitrogens is 1. The fraction of sp³-hybridized carbons (Fsp3) is 0.769. The molecule has 1 fully saturated rings. The first-order valence-corrected chi connectivity index (χ1v) is 13.3. The molecule has 9 atom stereocenters. The molecule has 1 saturated heterocycles. The Kier molecular flexibility index (Phi) is 11.3. The van der Waals surface area contributed by atoms with Crippen LogP contribution < -0.4 is 0 Å². The van der Waals surface area contributed by atoms with Gasteiger partial charge in [0, 0.05) is 30.1 Å². The molecule has 0 spiro atoms. The molecule has 4 N–H and O–H groups in total. The number of aryl methyl sites for hydroxylation is 1. The molecule has 0 radical (unpaired) electrons. The van der Waals surface area contributed by atoms with Gasteiger partial charge in [-0.2, -0.15) is 0 Å². The van der Waals surface area contributed by atoms with Crippen LogP contribution in [-0.4, -0.2) is 61.9 Å². The van der Waals surface area contributed by atoms with Crippen LogP contribution in [-0.2, 0) is 9.53 Å². The first-order valence-electron chi connectivity index (χ1n) is 12.4. The number of carbonyl (C=O) groups excluding carboxylic acids is 1. The molecule has 0 aliphatic carbocycles. The number of aliphatic hydroxyl groups is 4. The molecule has 7 nitrogen and oxygen atoms in total. The van der Waals surface area contributed by atoms with Crippen LogP contribution in [0.1, 0.15) is 77.4 Å². The normalized spacial score (nSPS) is 38.1. The molecule has 8 heteroatoms. The first kappa shape index (κ1) is 29.1. The number of rotatable bonds is 2. The van der Waals surface area contributed by atoms with Crippen molar-refractivity contribution in [1.29, 1.82) is 0 Å². The van der Waals surface area contributed by atoms with Crippen molar-refractivity contribution < 1.29 is 30.0 Å². The van der Waals surface area contributed by atoms with Crippen molar-refractivity contribution >= 4 is 23.2 Å². The monoisotopic (exact) mass is 497 g/mol. The topological polar surface area (TPSA) is 120 Å². The lowest BCUT2D eigenvalue weighted by atomic mass is 9.81. The summed E-state index contributed by atoms with van der Waals surface area (Å²) in [6.07, 6.45) is -0.0633. The summed E-state index contributed by atoms with van der Waals surface area (Å²) < 4.78 is 5.91. The lowest BCUT2D eigenvalue weighted by Crippen LogP contribution is -2.40. The van der Waals surface area contributed by atoms with E-state index in [1.165, 1.54) is 0 Å². The van der Waals surface area contributed by atoms with Crippen LogP contribution in [0.15, 0.2) is 11.0 Å². The fourth-order valence-electron chi connectivity index (χ4n) is 4.62. The predicted molar refractivity (Wildman–Crippen MR) is 134 cm³/mol. The smallest absolute Gasteiger partial charge is 0.157 e. The van der Waals surface area contributed by atoms with Crippen molar-refractivity contribution in [3.8, 4) is 0 Å². The van der Waals surface area contributed by atoms with Crippen molar-refractivity contribution in [1.82, 2.24) is 4.98 Å². The van der Waals surface area contributed by atoms with Crippen LogP contribution in [0.2, 0.25) is 0 Å². The Morgan fingerprint density at radius 2 is 1.68 bits per heavy atom. The molecular formula is C26H43NO6S. The van der Waals surface area contributed by atoms with Crippen molar-refractivity contribution in [3.63, 3.8) is 0 Å². The number of aliphatic hydroxyl groups excluding tert-OH is 4. The van der Waals surface area contributed by atoms with Gasteiger partial charge >= 0.3 is 0 Å². The molecule has 0 saturated carbocycles. The van der Waals surface area contributed by atoms with E-state index in [1.54, 1.807) is 25.2 Å². The third kappa shape index (κ3) is 8.21. The van der Waals surface area contributed by atoms with Gasteiger partial charge in [0.15, 0.2) is 6.29 Å². The molecule has 7 unspecified atom stereocenters. The van der Waals surface area contributed by atoms with E-state index in [2.05, 4.69) is 4.98 Å². The second-order valence-corrected chi connectivity index (χ2v) is 11.3. The molecule has 0 amide bonds. The number of ether oxygens (including phenoxy) is 1. The number of hydrogen-bond acceptors (Lipinski definition) is 8. The molecule has 0 bridgehead atoms. The Hall–Kier alpha value is -1.16. The SMILES string of the molecule is CC(=Cc1csc(C)n1)C1CC(O)[C@@H](C)CCCC(C)C(O)C(C)C(=O)[C@H](C)C(O)CC(O)O1. The maximum absolute atomic E-state index is 12.9. The van der Waals surface area contributed by atoms with E-state index in [0.29, 0.717) is 6.42 Å². The van der Waals surface area contributed by atoms with Crippen LogP contribution in [0, 0.1) is 30.6 Å². The minimum absolute atomic E-state index is 0.000485. The minimum Gasteiger partial charge on any atom is -0.393 e. The lowest BCUT2D eigenvalue weighted by molar-refractivity contribution is -0.157. The van der Waals surface area contributed by atoms with Crippen LogP contribution in [0.3, 0.4) is 0 Å². The summed E-state index contributed by atoms with van der Waals surface area (Å²) in [5.41, 5.74) is 1.62. The lowest BCUT2D eigenvalue weighted by Gasteiger charge is -2.31. The van der Waals surface area contributed by atoms with E-state index in [4.69, 9.17) is 4.74 Å². The van der Waals surface area contributed by atoms with Gasteiger partial charge in [-0.05, 0) is 50.2 Å². The standard InChI is InChI=1S/C26H43NO6S/c1-14-8-7-9-15(2)25(31)18(5)26(32)17(4)22(29)12-24(30)33-23(11-21(14)28)16(3)10-20-13-34-19(6)27-20/h10,13-15,17-18,21-25,28-31H,7-9,11-12H2,1-6H3/t14-,15?,17+,18?,21?,22?,23?,24?,25?/m0/s1. The van der Waals surface area contributed by atoms with Crippen LogP contribution in [0.4, 0.5) is 0 Å². The van der Waals surface area contributed by atoms with Gasteiger partial charge in [-0.15, -0.1) is 11.3 Å². The van der Waals surface area contributed by atoms with Crippen LogP contribution >= 0.6 is 11.3 Å². The van der Waals surface area contributed by atoms with Crippen molar-refractivity contribution in [2.75, 3.05) is 0 Å². The molecule has 2 rings (SSSR count). The highest BCUT2D eigenvalue weighted by Crippen LogP contribution is 2.28. The zero-order valence-corrected chi connectivity index (χ0v) is 22.2. The summed E-state index contributed by atoms with van der Waals surface area (Å²) in [6, 6.07) is 0. The van der Waals surface area contributed by atoms with E-state index < -0.39 is 42.5 Å². The van der Waals surface area contributed by atoms with Crippen molar-refractivity contribution in [2.45, 2.75) is 104 Å². The molecule has 1 aliphatic heterocycles. The van der Waals surface area contributed by atoms with Gasteiger partial charge in [-0.25, -0.2) is 4.98 Å². The zero-order chi connectivity index (χ0) is 25.6. The van der Waals surface area contributed by atoms with Crippen LogP contribution in [0.25, 0.3) is 6.08 Å². The second-order valence-electron chi connectivity index (χ2n) is 10.2. The second kappa shape index (κ2) is 13.2. The molecule has 34 heavy (non-hydrogen) atoms. The number of hydrogen-bond donors (Lipinski definition) is 4. The summed E-state index contributed by atoms with van der Waals surface area (Å²) in [7, 11) is 0. The summed E-state index contributed by atoms with van der Waals surface area (Å²) in [5.74, 6) is -1.66. The Balaban J connectivity index is 2.27. The highest BCUT2D eigenvalue weighted by molar-refractivity contribution is 7.09. The van der Waals surface area contributed by atoms with E-state index >= 15 is 0 Å². The largest absolute Gasteiger partial charge is 0.393 e. The van der Waals surface area contributed by atoms with Gasteiger partial charge < -0.3 is 25.2 Å². The molecule has 1 aromatic rings. The van der Waals surface area contributed by atoms with E-state index in [9.17, 15) is 25.2 Å². The number of thiazole rings is 1. The summed E-state index contributed by atoms with van der Waals surface area (Å²) in [6.45, 7) is 11.1. The summed E-state index contributed by atoms with van der Waals surface area (Å²) in [5, 5.41) is 45.7. The van der Waals surface area contributed by atoms with Gasteiger partial charge in [-0.3, -0.25) is 4.79 Å². The summed E-state index contributed by atoms with van der Waals surface area (Å²) in [4.78, 5) is 17.4. The fourth-order valence-corrected chi connectivity index (χ4v) is 5.19. The van der Waals surface area contributed by atoms with Crippen molar-refractivity contribution in [3.05, 3.63) is 21.7 Å². The van der Waals surface area contributed by atoms with Gasteiger partial charge in [0.25, 0.3) is 0 Å². The zero-order valence-electron chi connectivity index (χ0n) is 21.3. The molecule has 1 aliphatic rings. The maximum atomic E-state index is 12.9. The van der Waals surface area contributed by atoms with Gasteiger partial charge in [0.1, 0.15) is 5.78 Å². The summed E-state index contributed by atoms with van der Waals surface area (Å²) >= 11 is 1.54. The first-order chi connectivity index (χ1) is 15.9. The molecule has 1 aromatic heterocycles. The number of ketones is 1. The molecule has 0 aromatic carbocycles. The molecule has 2 heterocycles. The third-order valence-electron chi connectivity index (χ3n) is 7.29. The van der Waals surface area contributed by atoms with Crippen LogP contribution in [0.5, 0.6) is 0 Å². The van der Waals surface area contributed by atoms with Gasteiger partial charge in [0.05, 0.1) is 35.1 Å². The molecule has 194 valence electrons. The predicted octanol–water partition coefficient (Wildman–Crippen LogP) is 3.72. The number of nitrogens with zero attached hydrogens (tertiary/aromatic N) is 1. The Morgan fingerprint density at radius 1 is 1.03 bits per heavy atom. The maximum Gasteiger partial charge on any atom is 0.157 e. The molecular weight excluding hydrogens is 454 g/mol. The number of Topliss-reactive ketones (excluding diaryl/α,β-unsaturated/α-hetero) is 1. The highest BCUT2D eigenvalue weighted by atomic mass is 32.1. The number of carbonyl (C=O) groups is 1. The van der Waals surface area contributed by atoms with Gasteiger partial charge in [0.2, 0.25) is 0 Å². The average molecular weight is 498 g/mol. The van der Waals surface area contributed by atoms with Crippen molar-refractivity contribution in [2.24, 2.45) is 23.7 Å². The quantitative estimate of drug-likeness (QED) is 0.491. The Labute approximate surface area is 207 Å². The highest BCUT2D eigenvalue weighted by Gasteiger charge is 2.34. The third-order valence-corrected chi connectivity index (χ3v) is 8.08. The van der Waals surface area contributed by atoms with E-state index in [-0.39, 0.29) is 24.0 Å². The average Bonchev–Trinajstić information content (AvgIpc) is 3.19. The van der Waals surface area contributed by atoms with E-state index in [1.807, 2.05) is 39.2 Å².